The van der Waals surface area contributed by atoms with Crippen molar-refractivity contribution in [1.29, 1.82) is 0 Å². The first kappa shape index (κ1) is 104. The summed E-state index contributed by atoms with van der Waals surface area (Å²) in [7, 11) is 1.97. The van der Waals surface area contributed by atoms with Crippen LogP contribution in [0.15, 0.2) is 35.3 Å². The highest BCUT2D eigenvalue weighted by Gasteiger charge is 2.36. The van der Waals surface area contributed by atoms with Crippen molar-refractivity contribution in [2.75, 3.05) is 194 Å². The van der Waals surface area contributed by atoms with Crippen molar-refractivity contribution in [1.82, 2.24) is 48.7 Å². The van der Waals surface area contributed by atoms with Gasteiger partial charge in [-0.05, 0) is 56.9 Å². The van der Waals surface area contributed by atoms with Crippen molar-refractivity contribution in [3.8, 4) is 0 Å². The number of Topliss-reactive ketones (excluding diaryl/α,β-unsaturated/α-hetero) is 5. The average molecular weight is 1710 g/mol. The zero-order chi connectivity index (χ0) is 84.1. The monoisotopic (exact) mass is 1710 g/mol. The highest BCUT2D eigenvalue weighted by Crippen LogP contribution is 2.27. The number of carbonyl (C=O) groups excluding carboxylic acids is 14. The topological polar surface area (TPSA) is 610 Å². The Hall–Kier alpha value is -7.89. The van der Waals surface area contributed by atoms with Gasteiger partial charge in [-0.3, -0.25) is 76.9 Å². The van der Waals surface area contributed by atoms with E-state index in [1.54, 1.807) is 30.3 Å². The number of hydrogen-bond acceptors (Lipinski definition) is 31. The number of ether oxygens (including phenoxy) is 10. The van der Waals surface area contributed by atoms with Gasteiger partial charge in [0.2, 0.25) is 53.2 Å². The Morgan fingerprint density at radius 1 is 0.500 bits per heavy atom. The number of benzene rings is 1. The largest absolute Gasteiger partial charge is 0.481 e. The lowest BCUT2D eigenvalue weighted by Crippen LogP contribution is -2.53. The maximum Gasteiger partial charge on any atom is 0.304 e. The normalized spacial score (nSPS) is 19.1. The number of nitrogens with zero attached hydrogens (tertiary/aromatic N) is 1. The number of aliphatic hydroxyl groups excluding tert-OH is 1. The third-order valence-electron chi connectivity index (χ3n) is 16.7. The molecular weight excluding hydrogens is 1590 g/mol. The second-order valence-corrected chi connectivity index (χ2v) is 29.9. The number of aliphatic hydroxyl groups is 1. The number of guanidine groups is 1. The van der Waals surface area contributed by atoms with Crippen LogP contribution in [-0.4, -0.2) is 323 Å². The minimum Gasteiger partial charge on any atom is -0.481 e. The molecule has 0 radical (unpaired) electrons. The molecule has 9 amide bonds. The van der Waals surface area contributed by atoms with E-state index in [1.807, 2.05) is 0 Å². The summed E-state index contributed by atoms with van der Waals surface area (Å²) in [5.74, 6) is -15.7. The van der Waals surface area contributed by atoms with E-state index in [1.165, 1.54) is 0 Å². The van der Waals surface area contributed by atoms with Gasteiger partial charge in [-0.25, -0.2) is 0 Å². The van der Waals surface area contributed by atoms with Crippen molar-refractivity contribution in [3.05, 3.63) is 35.9 Å². The van der Waals surface area contributed by atoms with E-state index < -0.39 is 176 Å². The van der Waals surface area contributed by atoms with Crippen LogP contribution in [0.5, 0.6) is 0 Å². The van der Waals surface area contributed by atoms with Crippen molar-refractivity contribution in [2.24, 2.45) is 39.9 Å². The number of thioether (sulfide) groups is 1. The molecule has 40 nitrogen and oxygen atoms in total. The summed E-state index contributed by atoms with van der Waals surface area (Å²) < 4.78 is 54.1. The van der Waals surface area contributed by atoms with Gasteiger partial charge in [0.1, 0.15) is 39.1 Å². The molecule has 1 aromatic rings. The molecule has 2 bridgehead atoms. The number of hydrogen-bond donors (Lipinski definition) is 14. The second kappa shape index (κ2) is 66.1. The summed E-state index contributed by atoms with van der Waals surface area (Å²) in [5.41, 5.74) is 16.7. The van der Waals surface area contributed by atoms with Gasteiger partial charge in [0.05, 0.1) is 135 Å². The van der Waals surface area contributed by atoms with Gasteiger partial charge in [0.25, 0.3) is 0 Å². The first-order valence-corrected chi connectivity index (χ1v) is 41.8. The Bertz CT molecular complexity index is 3170. The zero-order valence-electron chi connectivity index (χ0n) is 65.8. The first-order valence-electron chi connectivity index (χ1n) is 38.1. The number of nitrogens with two attached hydrogens (primary N) is 3. The molecule has 0 aliphatic carbocycles. The fraction of sp³-hybridized carbons (Fsp3) is 0.699. The van der Waals surface area contributed by atoms with Crippen LogP contribution in [0.1, 0.15) is 89.0 Å². The van der Waals surface area contributed by atoms with Gasteiger partial charge in [-0.15, -0.1) is 11.8 Å². The van der Waals surface area contributed by atoms with Gasteiger partial charge in [-0.2, -0.15) is 0 Å². The van der Waals surface area contributed by atoms with Crippen LogP contribution in [0.2, 0.25) is 0 Å². The molecule has 0 saturated carbocycles. The number of rotatable bonds is 55. The lowest BCUT2D eigenvalue weighted by Gasteiger charge is -2.26. The van der Waals surface area contributed by atoms with Crippen LogP contribution >= 0.6 is 33.3 Å². The molecule has 2 heterocycles. The molecule has 656 valence electrons. The van der Waals surface area contributed by atoms with E-state index in [0.717, 1.165) is 33.3 Å². The Kier molecular flexibility index (Phi) is 59.3. The summed E-state index contributed by atoms with van der Waals surface area (Å²) in [6.07, 6.45) is -1.44. The lowest BCUT2D eigenvalue weighted by molar-refractivity contribution is -0.142. The van der Waals surface area contributed by atoms with Crippen molar-refractivity contribution >= 4 is 127 Å². The SMILES string of the molecule is N.NC(=O)COCC(=O)CCCOCCOCCOCCCC(=O)[C@@H]1CSCC(=O)N[C@@H](CCCCNC(=O)COCC(=O)NCCOCCOCCOCCOCCOCCNC(=O)CO)C(=O)N[C@H]2CSSC[C@H](NC(=O)[C@H](CC(=O)O)CC(=O)CNC(=O)[C@H](CCCN=C(N)N)CC2=O)C(=O)C[C@@H](Cc2ccccc2)C(=O)N1. The molecule has 3 rings (SSSR count). The molecule has 43 heteroatoms. The van der Waals surface area contributed by atoms with E-state index >= 15 is 0 Å². The number of amides is 9. The van der Waals surface area contributed by atoms with E-state index in [0.29, 0.717) is 58.2 Å². The number of carboxylic acids is 1. The maximum absolute atomic E-state index is 14.9. The molecule has 19 N–H and O–H groups in total. The second-order valence-electron chi connectivity index (χ2n) is 26.3. The van der Waals surface area contributed by atoms with E-state index in [9.17, 15) is 77.0 Å². The van der Waals surface area contributed by atoms with E-state index in [2.05, 4.69) is 47.5 Å². The molecule has 0 aromatic heterocycles. The van der Waals surface area contributed by atoms with Crippen LogP contribution in [-0.2, 0) is 126 Å². The first-order chi connectivity index (χ1) is 55.4. The Balaban J connectivity index is 0.0000456. The summed E-state index contributed by atoms with van der Waals surface area (Å²) in [6.45, 7) is 1.97. The number of carbonyl (C=O) groups is 15. The smallest absolute Gasteiger partial charge is 0.304 e. The van der Waals surface area contributed by atoms with Crippen LogP contribution in [0.25, 0.3) is 0 Å². The minimum atomic E-state index is -1.55. The van der Waals surface area contributed by atoms with Gasteiger partial charge in [0, 0.05) is 101 Å². The number of primary amides is 1. The predicted molar refractivity (Wildman–Crippen MR) is 425 cm³/mol. The van der Waals surface area contributed by atoms with Crippen molar-refractivity contribution < 1.29 is 129 Å². The lowest BCUT2D eigenvalue weighted by atomic mass is 9.90. The van der Waals surface area contributed by atoms with Crippen LogP contribution in [0, 0.1) is 17.8 Å². The van der Waals surface area contributed by atoms with E-state index in [4.69, 9.17) is 69.7 Å². The third-order valence-corrected chi connectivity index (χ3v) is 20.2. The Labute approximate surface area is 686 Å². The van der Waals surface area contributed by atoms with Gasteiger partial charge < -0.3 is 123 Å². The Morgan fingerprint density at radius 3 is 1.56 bits per heavy atom. The number of aliphatic imine (C=N–C) groups is 1. The number of aliphatic carboxylic acids is 1. The number of nitrogens with one attached hydrogen (secondary N) is 8. The molecule has 0 unspecified atom stereocenters. The number of unbranched alkanes of at least 4 members (excludes halogenated alkanes) is 1. The molecule has 2 aliphatic rings. The number of ketones is 5. The molecule has 0 spiro atoms. The number of carboxylic acid groups (broad SMARTS) is 1. The Morgan fingerprint density at radius 2 is 1.01 bits per heavy atom. The van der Waals surface area contributed by atoms with Gasteiger partial charge >= 0.3 is 5.97 Å². The fourth-order valence-electron chi connectivity index (χ4n) is 10.8. The van der Waals surface area contributed by atoms with Crippen LogP contribution in [0.3, 0.4) is 0 Å². The molecule has 2 fully saturated rings. The average Bonchev–Trinajstić information content (AvgIpc) is 1.43. The standard InChI is InChI=1S/C73H116N12O27S3.H3N/c74-63(92)43-111-42-54(87)12-7-19-103-23-27-107-28-24-104-20-8-14-60(89)57-46-113-49-67(96)82-56(13-4-5-15-77-65(94)44-112-45-66(95)79-18-22-106-26-30-109-32-34-110-33-31-108-29-25-105-21-17-78-64(93)41-86)72(102)85-59-48-115-114-47-58(62(91)38-52(70(100)83-57)35-50-9-2-1-3-10-50)84-71(101)53(39-68(97)98)36-55(88)40-81-69(99)51(37-61(59)90)11-6-16-80-73(75)76;/h1-3,9-10,51-53,56-59,86H,4-8,11-49H2,(H2,74,92)(H,77,94)(H,78,93)(H,79,95)(H,81,99)(H,82,96)(H,83,100)(H,84,101)(H,85,102)(H,97,98)(H4,75,76,80);1H3/t51-,52-,53+,56+,57+,58+,59+;/m1./s1. The zero-order valence-corrected chi connectivity index (χ0v) is 68.2. The fourth-order valence-corrected chi connectivity index (χ4v) is 14.1. The molecular formula is C73H119N13O27S3. The minimum absolute atomic E-state index is 0. The molecule has 116 heavy (non-hydrogen) atoms. The molecule has 2 saturated heterocycles. The van der Waals surface area contributed by atoms with Crippen LogP contribution < -0.4 is 65.9 Å². The van der Waals surface area contributed by atoms with Gasteiger partial charge in [-0.1, -0.05) is 51.9 Å². The summed E-state index contributed by atoms with van der Waals surface area (Å²) >= 11 is 0.947. The van der Waals surface area contributed by atoms with E-state index in [-0.39, 0.29) is 198 Å². The van der Waals surface area contributed by atoms with Crippen molar-refractivity contribution in [3.63, 3.8) is 0 Å². The van der Waals surface area contributed by atoms with Crippen LogP contribution in [0.4, 0.5) is 0 Å². The van der Waals surface area contributed by atoms with Gasteiger partial charge in [0.15, 0.2) is 34.9 Å². The molecule has 1 aromatic carbocycles. The number of fused-ring (bicyclic) bond motifs is 5. The highest BCUT2D eigenvalue weighted by atomic mass is 33.1. The van der Waals surface area contributed by atoms with Crippen molar-refractivity contribution in [2.45, 2.75) is 114 Å². The third kappa shape index (κ3) is 52.7. The highest BCUT2D eigenvalue weighted by molar-refractivity contribution is 8.76. The summed E-state index contributed by atoms with van der Waals surface area (Å²) in [4.78, 5) is 205. The molecule has 2 aliphatic heterocycles. The summed E-state index contributed by atoms with van der Waals surface area (Å²) in [5, 5.41) is 39.9. The maximum atomic E-state index is 14.9. The summed E-state index contributed by atoms with van der Waals surface area (Å²) in [6, 6.07) is 3.17. The predicted octanol–water partition coefficient (Wildman–Crippen LogP) is -3.30. The quantitative estimate of drug-likeness (QED) is 0.0131. The molecule has 7 atom stereocenters.